The molecule has 0 aliphatic heterocycles. The van der Waals surface area contributed by atoms with Gasteiger partial charge in [-0.2, -0.15) is 11.8 Å². The zero-order chi connectivity index (χ0) is 14.2. The van der Waals surface area contributed by atoms with Gasteiger partial charge in [0.25, 0.3) is 0 Å². The molecule has 2 aliphatic rings. The van der Waals surface area contributed by atoms with Crippen molar-refractivity contribution in [3.8, 4) is 0 Å². The van der Waals surface area contributed by atoms with Crippen molar-refractivity contribution in [2.24, 2.45) is 0 Å². The third kappa shape index (κ3) is 2.45. The van der Waals surface area contributed by atoms with E-state index in [1.807, 2.05) is 11.8 Å². The molecule has 0 radical (unpaired) electrons. The zero-order valence-corrected chi connectivity index (χ0v) is 13.5. The molecule has 2 aliphatic carbocycles. The third-order valence-electron chi connectivity index (χ3n) is 5.18. The lowest BCUT2D eigenvalue weighted by molar-refractivity contribution is 0.0971. The highest BCUT2D eigenvalue weighted by Gasteiger charge is 2.33. The van der Waals surface area contributed by atoms with Gasteiger partial charge in [0.2, 0.25) is 0 Å². The van der Waals surface area contributed by atoms with Crippen LogP contribution in [0.2, 0.25) is 0 Å². The number of ketones is 1. The fourth-order valence-electron chi connectivity index (χ4n) is 3.92. The highest BCUT2D eigenvalue weighted by Crippen LogP contribution is 2.41. The normalized spacial score (nSPS) is 21.8. The monoisotopic (exact) mass is 291 g/mol. The summed E-state index contributed by atoms with van der Waals surface area (Å²) in [6.07, 6.45) is 11.9. The minimum atomic E-state index is 0.356. The number of aryl methyl sites for hydroxylation is 1. The van der Waals surface area contributed by atoms with E-state index in [1.54, 1.807) is 0 Å². The third-order valence-corrected chi connectivity index (χ3v) is 6.58. The van der Waals surface area contributed by atoms with E-state index in [2.05, 4.69) is 23.8 Å². The fraction of sp³-hybridized carbons (Fsp3) is 0.706. The van der Waals surface area contributed by atoms with Crippen LogP contribution >= 0.6 is 11.8 Å². The first-order valence-electron chi connectivity index (χ1n) is 7.93. The number of hydrogen-bond donors (Lipinski definition) is 0. The molecule has 0 unspecified atom stereocenters. The Hall–Kier alpha value is -0.700. The Labute approximate surface area is 126 Å². The summed E-state index contributed by atoms with van der Waals surface area (Å²) in [5.74, 6) is 0.356. The van der Waals surface area contributed by atoms with Crippen LogP contribution in [0.4, 0.5) is 0 Å². The topological polar surface area (TPSA) is 22.0 Å². The fourth-order valence-corrected chi connectivity index (χ4v) is 4.88. The van der Waals surface area contributed by atoms with Crippen molar-refractivity contribution in [1.29, 1.82) is 0 Å². The van der Waals surface area contributed by atoms with Gasteiger partial charge < -0.3 is 4.57 Å². The highest BCUT2D eigenvalue weighted by molar-refractivity contribution is 8.00. The number of fused-ring (bicyclic) bond motifs is 1. The largest absolute Gasteiger partial charge is 0.347 e. The summed E-state index contributed by atoms with van der Waals surface area (Å²) in [6.45, 7) is 3.27. The Morgan fingerprint density at radius 1 is 1.20 bits per heavy atom. The van der Waals surface area contributed by atoms with Crippen LogP contribution in [-0.4, -0.2) is 21.4 Å². The van der Waals surface area contributed by atoms with Crippen molar-refractivity contribution in [3.63, 3.8) is 0 Å². The zero-order valence-electron chi connectivity index (χ0n) is 12.7. The van der Waals surface area contributed by atoms with E-state index in [-0.39, 0.29) is 0 Å². The van der Waals surface area contributed by atoms with Gasteiger partial charge in [0, 0.05) is 34.7 Å². The van der Waals surface area contributed by atoms with Gasteiger partial charge >= 0.3 is 0 Å². The Balaban J connectivity index is 1.92. The molecule has 1 aromatic heterocycles. The molecule has 110 valence electrons. The van der Waals surface area contributed by atoms with E-state index in [0.29, 0.717) is 10.5 Å². The average molecular weight is 291 g/mol. The molecule has 1 heterocycles. The minimum absolute atomic E-state index is 0.356. The smallest absolute Gasteiger partial charge is 0.164 e. The number of hydrogen-bond acceptors (Lipinski definition) is 2. The maximum atomic E-state index is 12.1. The van der Waals surface area contributed by atoms with Gasteiger partial charge in [-0.05, 0) is 44.9 Å². The molecule has 1 fully saturated rings. The predicted octanol–water partition coefficient (Wildman–Crippen LogP) is 4.38. The standard InChI is InChI=1S/C17H25NOS/c1-13-11-14-15(7-6-8-16(14)19)18(13)12-17(20-2)9-4-3-5-10-17/h11H,3-10,12H2,1-2H3. The van der Waals surface area contributed by atoms with Crippen LogP contribution in [0, 0.1) is 6.92 Å². The van der Waals surface area contributed by atoms with Crippen molar-refractivity contribution < 1.29 is 4.79 Å². The first-order valence-corrected chi connectivity index (χ1v) is 9.15. The molecule has 1 aromatic rings. The second kappa shape index (κ2) is 5.59. The molecule has 1 saturated carbocycles. The van der Waals surface area contributed by atoms with Gasteiger partial charge in [-0.1, -0.05) is 19.3 Å². The van der Waals surface area contributed by atoms with E-state index in [1.165, 1.54) is 43.5 Å². The highest BCUT2D eigenvalue weighted by atomic mass is 32.2. The Morgan fingerprint density at radius 3 is 2.65 bits per heavy atom. The molecule has 3 rings (SSSR count). The van der Waals surface area contributed by atoms with Gasteiger partial charge in [-0.15, -0.1) is 0 Å². The second-order valence-electron chi connectivity index (χ2n) is 6.46. The molecule has 0 N–H and O–H groups in total. The van der Waals surface area contributed by atoms with E-state index in [0.717, 1.165) is 31.4 Å². The lowest BCUT2D eigenvalue weighted by Gasteiger charge is -2.37. The van der Waals surface area contributed by atoms with E-state index >= 15 is 0 Å². The van der Waals surface area contributed by atoms with Crippen LogP contribution in [-0.2, 0) is 13.0 Å². The van der Waals surface area contributed by atoms with Gasteiger partial charge in [0.1, 0.15) is 0 Å². The summed E-state index contributed by atoms with van der Waals surface area (Å²) in [5, 5.41) is 0. The maximum Gasteiger partial charge on any atom is 0.164 e. The van der Waals surface area contributed by atoms with Crippen LogP contribution < -0.4 is 0 Å². The summed E-state index contributed by atoms with van der Waals surface area (Å²) in [5.41, 5.74) is 3.61. The lowest BCUT2D eigenvalue weighted by Crippen LogP contribution is -2.34. The molecular formula is C17H25NOS. The van der Waals surface area contributed by atoms with Crippen molar-refractivity contribution >= 4 is 17.5 Å². The molecule has 0 spiro atoms. The van der Waals surface area contributed by atoms with Gasteiger partial charge in [0.05, 0.1) is 0 Å². The number of carbonyl (C=O) groups is 1. The maximum absolute atomic E-state index is 12.1. The number of nitrogens with zero attached hydrogens (tertiary/aromatic N) is 1. The average Bonchev–Trinajstić information content (AvgIpc) is 2.78. The molecule has 2 nitrogen and oxygen atoms in total. The number of thioether (sulfide) groups is 1. The van der Waals surface area contributed by atoms with Crippen molar-refractivity contribution in [3.05, 3.63) is 23.0 Å². The molecule has 0 amide bonds. The van der Waals surface area contributed by atoms with Crippen LogP contribution in [0.25, 0.3) is 0 Å². The minimum Gasteiger partial charge on any atom is -0.347 e. The van der Waals surface area contributed by atoms with Crippen molar-refractivity contribution in [2.45, 2.75) is 69.6 Å². The van der Waals surface area contributed by atoms with Gasteiger partial charge in [-0.25, -0.2) is 0 Å². The summed E-state index contributed by atoms with van der Waals surface area (Å²) >= 11 is 2.05. The van der Waals surface area contributed by atoms with Gasteiger partial charge in [0.15, 0.2) is 5.78 Å². The summed E-state index contributed by atoms with van der Waals surface area (Å²) in [7, 11) is 0. The Morgan fingerprint density at radius 2 is 1.95 bits per heavy atom. The SMILES string of the molecule is CSC1(Cn2c(C)cc3c2CCCC3=O)CCCCC1. The number of rotatable bonds is 3. The summed E-state index contributed by atoms with van der Waals surface area (Å²) < 4.78 is 2.87. The molecule has 0 atom stereocenters. The summed E-state index contributed by atoms with van der Waals surface area (Å²) in [6, 6.07) is 2.13. The quantitative estimate of drug-likeness (QED) is 0.824. The van der Waals surface area contributed by atoms with E-state index in [9.17, 15) is 4.79 Å². The molecule has 0 saturated heterocycles. The summed E-state index contributed by atoms with van der Waals surface area (Å²) in [4.78, 5) is 12.1. The van der Waals surface area contributed by atoms with Crippen LogP contribution in [0.15, 0.2) is 6.07 Å². The number of carbonyl (C=O) groups excluding carboxylic acids is 1. The molecule has 3 heteroatoms. The van der Waals surface area contributed by atoms with Crippen LogP contribution in [0.1, 0.15) is 66.7 Å². The van der Waals surface area contributed by atoms with Gasteiger partial charge in [-0.3, -0.25) is 4.79 Å². The molecular weight excluding hydrogens is 266 g/mol. The first kappa shape index (κ1) is 14.2. The Bertz CT molecular complexity index is 511. The van der Waals surface area contributed by atoms with Crippen LogP contribution in [0.5, 0.6) is 0 Å². The predicted molar refractivity (Wildman–Crippen MR) is 85.8 cm³/mol. The Kier molecular flexibility index (Phi) is 3.98. The lowest BCUT2D eigenvalue weighted by atomic mass is 9.88. The van der Waals surface area contributed by atoms with E-state index < -0.39 is 0 Å². The molecule has 0 aromatic carbocycles. The van der Waals surface area contributed by atoms with E-state index in [4.69, 9.17) is 0 Å². The van der Waals surface area contributed by atoms with Crippen LogP contribution in [0.3, 0.4) is 0 Å². The number of Topliss-reactive ketones (excluding diaryl/α,β-unsaturated/α-hetero) is 1. The molecule has 20 heavy (non-hydrogen) atoms. The second-order valence-corrected chi connectivity index (χ2v) is 7.73. The van der Waals surface area contributed by atoms with Crippen molar-refractivity contribution in [1.82, 2.24) is 4.57 Å². The number of aromatic nitrogens is 1. The first-order chi connectivity index (χ1) is 9.65. The molecule has 0 bridgehead atoms. The van der Waals surface area contributed by atoms with Crippen molar-refractivity contribution in [2.75, 3.05) is 6.26 Å².